The fourth-order valence-electron chi connectivity index (χ4n) is 1.83. The van der Waals surface area contributed by atoms with E-state index in [4.69, 9.17) is 5.73 Å². The molecule has 0 spiro atoms. The Morgan fingerprint density at radius 2 is 1.81 bits per heavy atom. The largest absolute Gasteiger partial charge is 0.399 e. The maximum atomic E-state index is 11.7. The van der Waals surface area contributed by atoms with E-state index in [1.807, 2.05) is 42.5 Å². The maximum Gasteiger partial charge on any atom is 0.244 e. The smallest absolute Gasteiger partial charge is 0.244 e. The quantitative estimate of drug-likeness (QED) is 0.581. The van der Waals surface area contributed by atoms with Crippen molar-refractivity contribution in [1.29, 1.82) is 0 Å². The molecule has 0 bridgehead atoms. The van der Waals surface area contributed by atoms with Crippen molar-refractivity contribution in [2.45, 2.75) is 6.10 Å². The fraction of sp³-hybridized carbons (Fsp3) is 0.118. The van der Waals surface area contributed by atoms with Gasteiger partial charge in [0.2, 0.25) is 5.91 Å². The van der Waals surface area contributed by atoms with E-state index >= 15 is 0 Å². The zero-order chi connectivity index (χ0) is 15.1. The first-order valence-electron chi connectivity index (χ1n) is 6.69. The summed E-state index contributed by atoms with van der Waals surface area (Å²) in [5, 5.41) is 12.6. The lowest BCUT2D eigenvalue weighted by Crippen LogP contribution is -2.26. The second kappa shape index (κ2) is 7.26. The second-order valence-electron chi connectivity index (χ2n) is 4.67. The number of hydrogen-bond acceptors (Lipinski definition) is 3. The van der Waals surface area contributed by atoms with Crippen LogP contribution in [0.1, 0.15) is 17.2 Å². The van der Waals surface area contributed by atoms with Gasteiger partial charge in [0.1, 0.15) is 0 Å². The normalized spacial score (nSPS) is 12.2. The number of aliphatic hydroxyl groups is 1. The van der Waals surface area contributed by atoms with Gasteiger partial charge in [-0.15, -0.1) is 0 Å². The van der Waals surface area contributed by atoms with E-state index in [9.17, 15) is 9.90 Å². The highest BCUT2D eigenvalue weighted by molar-refractivity contribution is 5.91. The molecule has 0 radical (unpaired) electrons. The molecule has 0 aliphatic heterocycles. The summed E-state index contributed by atoms with van der Waals surface area (Å²) in [6.45, 7) is 0.176. The lowest BCUT2D eigenvalue weighted by molar-refractivity contribution is -0.116. The van der Waals surface area contributed by atoms with Crippen LogP contribution in [-0.4, -0.2) is 17.6 Å². The molecule has 1 amide bonds. The molecule has 2 aromatic rings. The highest BCUT2D eigenvalue weighted by atomic mass is 16.3. The van der Waals surface area contributed by atoms with E-state index in [1.54, 1.807) is 18.2 Å². The summed E-state index contributed by atoms with van der Waals surface area (Å²) >= 11 is 0. The third-order valence-corrected chi connectivity index (χ3v) is 3.02. The average molecular weight is 282 g/mol. The maximum absolute atomic E-state index is 11.7. The van der Waals surface area contributed by atoms with Crippen molar-refractivity contribution in [2.24, 2.45) is 0 Å². The van der Waals surface area contributed by atoms with Crippen LogP contribution in [0.4, 0.5) is 5.69 Å². The minimum absolute atomic E-state index is 0.176. The molecular formula is C17H18N2O2. The van der Waals surface area contributed by atoms with Crippen LogP contribution in [0.15, 0.2) is 60.7 Å². The molecule has 108 valence electrons. The molecule has 4 heteroatoms. The van der Waals surface area contributed by atoms with Gasteiger partial charge in [-0.05, 0) is 29.3 Å². The summed E-state index contributed by atoms with van der Waals surface area (Å²) < 4.78 is 0. The zero-order valence-electron chi connectivity index (χ0n) is 11.6. The fourth-order valence-corrected chi connectivity index (χ4v) is 1.83. The van der Waals surface area contributed by atoms with Crippen molar-refractivity contribution < 1.29 is 9.90 Å². The van der Waals surface area contributed by atoms with Crippen molar-refractivity contribution in [3.63, 3.8) is 0 Å². The minimum Gasteiger partial charge on any atom is -0.399 e. The van der Waals surface area contributed by atoms with Crippen LogP contribution in [0, 0.1) is 0 Å². The summed E-state index contributed by atoms with van der Waals surface area (Å²) in [6, 6.07) is 16.4. The lowest BCUT2D eigenvalue weighted by atomic mass is 10.1. The van der Waals surface area contributed by atoms with E-state index in [2.05, 4.69) is 5.32 Å². The average Bonchev–Trinajstić information content (AvgIpc) is 2.53. The first-order chi connectivity index (χ1) is 10.1. The van der Waals surface area contributed by atoms with Crippen LogP contribution in [0.5, 0.6) is 0 Å². The minimum atomic E-state index is -0.708. The topological polar surface area (TPSA) is 75.4 Å². The molecule has 1 atom stereocenters. The number of benzene rings is 2. The highest BCUT2D eigenvalue weighted by Gasteiger charge is 2.07. The number of anilines is 1. The number of nitrogens with two attached hydrogens (primary N) is 1. The Balaban J connectivity index is 1.83. The van der Waals surface area contributed by atoms with E-state index in [-0.39, 0.29) is 12.5 Å². The van der Waals surface area contributed by atoms with Crippen LogP contribution in [0.2, 0.25) is 0 Å². The Kier molecular flexibility index (Phi) is 5.12. The Labute approximate surface area is 123 Å². The molecule has 2 aromatic carbocycles. The Hall–Kier alpha value is -2.59. The van der Waals surface area contributed by atoms with Gasteiger partial charge in [-0.25, -0.2) is 0 Å². The third-order valence-electron chi connectivity index (χ3n) is 3.02. The van der Waals surface area contributed by atoms with Crippen LogP contribution in [0.25, 0.3) is 6.08 Å². The van der Waals surface area contributed by atoms with Crippen molar-refractivity contribution in [3.05, 3.63) is 71.8 Å². The van der Waals surface area contributed by atoms with E-state index < -0.39 is 6.10 Å². The van der Waals surface area contributed by atoms with Crippen LogP contribution in [-0.2, 0) is 4.79 Å². The third kappa shape index (κ3) is 4.78. The molecule has 21 heavy (non-hydrogen) atoms. The summed E-state index contributed by atoms with van der Waals surface area (Å²) in [6.07, 6.45) is 2.42. The first-order valence-corrected chi connectivity index (χ1v) is 6.69. The van der Waals surface area contributed by atoms with Gasteiger partial charge in [-0.1, -0.05) is 42.5 Å². The van der Waals surface area contributed by atoms with Gasteiger partial charge in [-0.2, -0.15) is 0 Å². The van der Waals surface area contributed by atoms with Gasteiger partial charge in [0.25, 0.3) is 0 Å². The first kappa shape index (κ1) is 14.8. The van der Waals surface area contributed by atoms with Gasteiger partial charge < -0.3 is 16.2 Å². The van der Waals surface area contributed by atoms with E-state index in [0.717, 1.165) is 11.1 Å². The predicted molar refractivity (Wildman–Crippen MR) is 84.3 cm³/mol. The molecule has 0 aliphatic carbocycles. The molecule has 1 unspecified atom stereocenters. The molecule has 0 saturated heterocycles. The summed E-state index contributed by atoms with van der Waals surface area (Å²) in [7, 11) is 0. The number of rotatable bonds is 5. The Morgan fingerprint density at radius 3 is 2.48 bits per heavy atom. The van der Waals surface area contributed by atoms with Gasteiger partial charge >= 0.3 is 0 Å². The number of carbonyl (C=O) groups excluding carboxylic acids is 1. The zero-order valence-corrected chi connectivity index (χ0v) is 11.6. The predicted octanol–water partition coefficient (Wildman–Crippen LogP) is 2.13. The van der Waals surface area contributed by atoms with Gasteiger partial charge in [0.05, 0.1) is 6.10 Å². The summed E-state index contributed by atoms with van der Waals surface area (Å²) in [4.78, 5) is 11.7. The number of hydrogen-bond donors (Lipinski definition) is 3. The van der Waals surface area contributed by atoms with Gasteiger partial charge in [-0.3, -0.25) is 4.79 Å². The molecule has 0 aliphatic rings. The number of amides is 1. The van der Waals surface area contributed by atoms with Crippen molar-refractivity contribution in [3.8, 4) is 0 Å². The van der Waals surface area contributed by atoms with Crippen LogP contribution < -0.4 is 11.1 Å². The molecule has 4 N–H and O–H groups in total. The van der Waals surface area contributed by atoms with Crippen molar-refractivity contribution in [1.82, 2.24) is 5.32 Å². The number of nitrogen functional groups attached to an aromatic ring is 1. The number of carbonyl (C=O) groups is 1. The molecule has 0 aromatic heterocycles. The lowest BCUT2D eigenvalue weighted by Gasteiger charge is -2.10. The molecule has 0 heterocycles. The second-order valence-corrected chi connectivity index (χ2v) is 4.67. The molecule has 0 saturated carbocycles. The summed E-state index contributed by atoms with van der Waals surface area (Å²) in [5.74, 6) is -0.248. The molecule has 0 fully saturated rings. The number of aliphatic hydroxyl groups excluding tert-OH is 1. The van der Waals surface area contributed by atoms with Crippen molar-refractivity contribution >= 4 is 17.7 Å². The van der Waals surface area contributed by atoms with Crippen LogP contribution >= 0.6 is 0 Å². The molecule has 2 rings (SSSR count). The Bertz CT molecular complexity index is 606. The summed E-state index contributed by atoms with van der Waals surface area (Å²) in [5.41, 5.74) is 7.94. The standard InChI is InChI=1S/C17H18N2O2/c18-15-9-6-13(7-10-15)8-11-17(21)19-12-16(20)14-4-2-1-3-5-14/h1-11,16,20H,12,18H2,(H,19,21)/b11-8+. The van der Waals surface area contributed by atoms with E-state index in [1.165, 1.54) is 6.08 Å². The molecular weight excluding hydrogens is 264 g/mol. The SMILES string of the molecule is Nc1ccc(/C=C/C(=O)NCC(O)c2ccccc2)cc1. The highest BCUT2D eigenvalue weighted by Crippen LogP contribution is 2.10. The monoisotopic (exact) mass is 282 g/mol. The van der Waals surface area contributed by atoms with Gasteiger partial charge in [0, 0.05) is 18.3 Å². The van der Waals surface area contributed by atoms with Crippen LogP contribution in [0.3, 0.4) is 0 Å². The molecule has 4 nitrogen and oxygen atoms in total. The van der Waals surface area contributed by atoms with E-state index in [0.29, 0.717) is 5.69 Å². The van der Waals surface area contributed by atoms with Crippen molar-refractivity contribution in [2.75, 3.05) is 12.3 Å². The number of nitrogens with one attached hydrogen (secondary N) is 1. The van der Waals surface area contributed by atoms with Gasteiger partial charge in [0.15, 0.2) is 0 Å². The Morgan fingerprint density at radius 1 is 1.14 bits per heavy atom.